The summed E-state index contributed by atoms with van der Waals surface area (Å²) in [5.41, 5.74) is 1.05. The van der Waals surface area contributed by atoms with Gasteiger partial charge in [-0.05, 0) is 49.7 Å². The van der Waals surface area contributed by atoms with Gasteiger partial charge in [0.25, 0.3) is 0 Å². The molecule has 1 unspecified atom stereocenters. The van der Waals surface area contributed by atoms with E-state index in [0.717, 1.165) is 36.8 Å². The molecule has 19 heavy (non-hydrogen) atoms. The lowest BCUT2D eigenvalue weighted by Crippen LogP contribution is -2.14. The van der Waals surface area contributed by atoms with Crippen LogP contribution in [0.25, 0.3) is 11.4 Å². The molecule has 0 aromatic carbocycles. The van der Waals surface area contributed by atoms with Crippen molar-refractivity contribution in [2.45, 2.75) is 25.7 Å². The fourth-order valence-corrected chi connectivity index (χ4v) is 3.02. The quantitative estimate of drug-likeness (QED) is 0.946. The summed E-state index contributed by atoms with van der Waals surface area (Å²) in [6.45, 7) is 2.25. The van der Waals surface area contributed by atoms with Crippen molar-refractivity contribution in [1.82, 2.24) is 15.5 Å². The van der Waals surface area contributed by atoms with E-state index in [2.05, 4.69) is 15.5 Å². The average molecular weight is 300 g/mol. The lowest BCUT2D eigenvalue weighted by Gasteiger charge is -2.09. The molecule has 0 saturated carbocycles. The zero-order valence-corrected chi connectivity index (χ0v) is 12.3. The van der Waals surface area contributed by atoms with Gasteiger partial charge in [0.05, 0.1) is 0 Å². The van der Waals surface area contributed by atoms with Crippen LogP contribution >= 0.6 is 23.7 Å². The van der Waals surface area contributed by atoms with Crippen LogP contribution in [0.3, 0.4) is 0 Å². The average Bonchev–Trinajstić information content (AvgIpc) is 2.98. The van der Waals surface area contributed by atoms with Crippen LogP contribution in [0.15, 0.2) is 21.3 Å². The maximum absolute atomic E-state index is 5.36. The van der Waals surface area contributed by atoms with Crippen LogP contribution in [0, 0.1) is 5.92 Å². The molecule has 0 spiro atoms. The van der Waals surface area contributed by atoms with Crippen LogP contribution in [-0.4, -0.2) is 23.2 Å². The fourth-order valence-electron chi connectivity index (χ4n) is 2.39. The highest BCUT2D eigenvalue weighted by Crippen LogP contribution is 2.22. The van der Waals surface area contributed by atoms with E-state index < -0.39 is 0 Å². The maximum atomic E-state index is 5.36. The molecule has 1 fully saturated rings. The topological polar surface area (TPSA) is 51.0 Å². The number of thiophene rings is 1. The number of nitrogens with one attached hydrogen (secondary N) is 1. The molecule has 2 aromatic heterocycles. The number of aromatic nitrogens is 2. The first kappa shape index (κ1) is 14.5. The van der Waals surface area contributed by atoms with Crippen molar-refractivity contribution < 1.29 is 4.52 Å². The van der Waals surface area contributed by atoms with Crippen LogP contribution < -0.4 is 5.32 Å². The first-order chi connectivity index (χ1) is 8.92. The third-order valence-corrected chi connectivity index (χ3v) is 4.09. The Morgan fingerprint density at radius 1 is 1.37 bits per heavy atom. The van der Waals surface area contributed by atoms with E-state index in [1.54, 1.807) is 11.3 Å². The molecule has 1 aliphatic rings. The Labute approximate surface area is 123 Å². The molecule has 0 radical (unpaired) electrons. The van der Waals surface area contributed by atoms with Crippen LogP contribution in [0.1, 0.15) is 25.2 Å². The third-order valence-electron chi connectivity index (χ3n) is 3.41. The zero-order valence-electron chi connectivity index (χ0n) is 10.7. The molecule has 1 N–H and O–H groups in total. The van der Waals surface area contributed by atoms with Gasteiger partial charge in [0.2, 0.25) is 11.7 Å². The lowest BCUT2D eigenvalue weighted by atomic mass is 9.97. The minimum Gasteiger partial charge on any atom is -0.339 e. The van der Waals surface area contributed by atoms with Crippen LogP contribution in [0.2, 0.25) is 0 Å². The van der Waals surface area contributed by atoms with Crippen LogP contribution in [0.4, 0.5) is 0 Å². The SMILES string of the molecule is Cl.c1cc(-c2noc(CC3CCCNCC3)n2)cs1. The molecule has 0 bridgehead atoms. The van der Waals surface area contributed by atoms with E-state index in [9.17, 15) is 0 Å². The first-order valence-corrected chi connectivity index (χ1v) is 7.42. The summed E-state index contributed by atoms with van der Waals surface area (Å²) in [5.74, 6) is 2.18. The maximum Gasteiger partial charge on any atom is 0.227 e. The van der Waals surface area contributed by atoms with Crippen molar-refractivity contribution >= 4 is 23.7 Å². The highest BCUT2D eigenvalue weighted by Gasteiger charge is 2.17. The molecule has 1 aliphatic heterocycles. The minimum atomic E-state index is 0. The molecule has 1 atom stereocenters. The fraction of sp³-hybridized carbons (Fsp3) is 0.538. The number of nitrogens with zero attached hydrogens (tertiary/aromatic N) is 2. The van der Waals surface area contributed by atoms with Crippen molar-refractivity contribution in [2.75, 3.05) is 13.1 Å². The van der Waals surface area contributed by atoms with Crippen molar-refractivity contribution in [2.24, 2.45) is 5.92 Å². The number of halogens is 1. The Morgan fingerprint density at radius 2 is 2.32 bits per heavy atom. The summed E-state index contributed by atoms with van der Waals surface area (Å²) >= 11 is 1.65. The monoisotopic (exact) mass is 299 g/mol. The summed E-state index contributed by atoms with van der Waals surface area (Å²) in [5, 5.41) is 11.6. The second kappa shape index (κ2) is 7.03. The molecular weight excluding hydrogens is 282 g/mol. The van der Waals surface area contributed by atoms with Gasteiger partial charge in [0.1, 0.15) is 0 Å². The molecule has 3 rings (SSSR count). The minimum absolute atomic E-state index is 0. The zero-order chi connectivity index (χ0) is 12.2. The summed E-state index contributed by atoms with van der Waals surface area (Å²) < 4.78 is 5.36. The summed E-state index contributed by atoms with van der Waals surface area (Å²) in [6.07, 6.45) is 4.62. The van der Waals surface area contributed by atoms with Gasteiger partial charge in [-0.3, -0.25) is 0 Å². The summed E-state index contributed by atoms with van der Waals surface area (Å²) in [7, 11) is 0. The lowest BCUT2D eigenvalue weighted by molar-refractivity contribution is 0.341. The van der Waals surface area contributed by atoms with Crippen LogP contribution in [0.5, 0.6) is 0 Å². The van der Waals surface area contributed by atoms with Crippen LogP contribution in [-0.2, 0) is 6.42 Å². The van der Waals surface area contributed by atoms with E-state index in [0.29, 0.717) is 5.92 Å². The summed E-state index contributed by atoms with van der Waals surface area (Å²) in [6, 6.07) is 2.02. The first-order valence-electron chi connectivity index (χ1n) is 6.48. The Balaban J connectivity index is 0.00000133. The van der Waals surface area contributed by atoms with Gasteiger partial charge in [-0.15, -0.1) is 12.4 Å². The molecule has 6 heteroatoms. The van der Waals surface area contributed by atoms with E-state index in [-0.39, 0.29) is 12.4 Å². The summed E-state index contributed by atoms with van der Waals surface area (Å²) in [4.78, 5) is 4.49. The van der Waals surface area contributed by atoms with E-state index in [1.807, 2.05) is 16.8 Å². The third kappa shape index (κ3) is 3.78. The van der Waals surface area contributed by atoms with Gasteiger partial charge in [-0.1, -0.05) is 5.16 Å². The second-order valence-electron chi connectivity index (χ2n) is 4.77. The largest absolute Gasteiger partial charge is 0.339 e. The molecule has 1 saturated heterocycles. The molecule has 0 aliphatic carbocycles. The second-order valence-corrected chi connectivity index (χ2v) is 5.55. The molecule has 0 amide bonds. The Kier molecular flexibility index (Phi) is 5.36. The smallest absolute Gasteiger partial charge is 0.227 e. The Bertz CT molecular complexity index is 478. The highest BCUT2D eigenvalue weighted by atomic mass is 35.5. The standard InChI is InChI=1S/C13H17N3OS.ClH/c1-2-10(3-6-14-5-1)8-12-15-13(16-17-12)11-4-7-18-9-11;/h4,7,9-10,14H,1-3,5-6,8H2;1H. The van der Waals surface area contributed by atoms with Gasteiger partial charge >= 0.3 is 0 Å². The van der Waals surface area contributed by atoms with Gasteiger partial charge in [-0.2, -0.15) is 16.3 Å². The van der Waals surface area contributed by atoms with Crippen molar-refractivity contribution in [3.05, 3.63) is 22.7 Å². The predicted molar refractivity (Wildman–Crippen MR) is 78.8 cm³/mol. The van der Waals surface area contributed by atoms with E-state index >= 15 is 0 Å². The van der Waals surface area contributed by atoms with Gasteiger partial charge in [-0.25, -0.2) is 0 Å². The Hall–Kier alpha value is -0.910. The molecule has 104 valence electrons. The number of rotatable bonds is 3. The van der Waals surface area contributed by atoms with Gasteiger partial charge in [0.15, 0.2) is 0 Å². The van der Waals surface area contributed by atoms with Gasteiger partial charge in [0, 0.05) is 17.4 Å². The molecular formula is C13H18ClN3OS. The molecule has 3 heterocycles. The van der Waals surface area contributed by atoms with E-state index in [1.165, 1.54) is 19.3 Å². The predicted octanol–water partition coefficient (Wildman–Crippen LogP) is 3.15. The Morgan fingerprint density at radius 3 is 3.16 bits per heavy atom. The highest BCUT2D eigenvalue weighted by molar-refractivity contribution is 7.08. The molecule has 4 nitrogen and oxygen atoms in total. The molecule has 2 aromatic rings. The number of hydrogen-bond donors (Lipinski definition) is 1. The number of hydrogen-bond acceptors (Lipinski definition) is 5. The van der Waals surface area contributed by atoms with Gasteiger partial charge < -0.3 is 9.84 Å². The normalized spacial score (nSPS) is 19.7. The van der Waals surface area contributed by atoms with Crippen molar-refractivity contribution in [3.63, 3.8) is 0 Å². The van der Waals surface area contributed by atoms with Crippen molar-refractivity contribution in [1.29, 1.82) is 0 Å². The van der Waals surface area contributed by atoms with E-state index in [4.69, 9.17) is 4.52 Å². The van der Waals surface area contributed by atoms with Crippen molar-refractivity contribution in [3.8, 4) is 11.4 Å².